The topological polar surface area (TPSA) is 35.5 Å². The number of aryl methyl sites for hydroxylation is 2. The van der Waals surface area contributed by atoms with E-state index in [1.807, 2.05) is 0 Å². The van der Waals surface area contributed by atoms with E-state index < -0.39 is 0 Å². The van der Waals surface area contributed by atoms with Gasteiger partial charge in [0, 0.05) is 31.2 Å². The fourth-order valence-corrected chi connectivity index (χ4v) is 4.59. The van der Waals surface area contributed by atoms with Crippen LogP contribution in [0.5, 0.6) is 0 Å². The molecule has 2 aliphatic rings. The second-order valence-electron chi connectivity index (χ2n) is 7.98. The van der Waals surface area contributed by atoms with Gasteiger partial charge in [0.05, 0.1) is 6.10 Å². The Labute approximate surface area is 147 Å². The first-order valence-electron chi connectivity index (χ1n) is 9.80. The highest BCUT2D eigenvalue weighted by Crippen LogP contribution is 2.27. The minimum absolute atomic E-state index is 0.0999. The Morgan fingerprint density at radius 2 is 1.79 bits per heavy atom. The van der Waals surface area contributed by atoms with E-state index in [0.717, 1.165) is 19.5 Å². The van der Waals surface area contributed by atoms with Crippen molar-refractivity contribution in [1.82, 2.24) is 10.2 Å². The molecule has 0 amide bonds. The summed E-state index contributed by atoms with van der Waals surface area (Å²) in [6.07, 6.45) is 6.94. The Balaban J connectivity index is 1.52. The van der Waals surface area contributed by atoms with E-state index >= 15 is 0 Å². The molecule has 1 saturated carbocycles. The highest BCUT2D eigenvalue weighted by molar-refractivity contribution is 5.32. The first kappa shape index (κ1) is 17.9. The lowest BCUT2D eigenvalue weighted by molar-refractivity contribution is 0.00670. The van der Waals surface area contributed by atoms with Crippen LogP contribution < -0.4 is 5.32 Å². The molecule has 1 aliphatic heterocycles. The smallest absolute Gasteiger partial charge is 0.0695 e. The summed E-state index contributed by atoms with van der Waals surface area (Å²) in [6.45, 7) is 8.92. The van der Waals surface area contributed by atoms with E-state index in [2.05, 4.69) is 49.2 Å². The fourth-order valence-electron chi connectivity index (χ4n) is 4.59. The largest absolute Gasteiger partial charge is 0.391 e. The fraction of sp³-hybridized carbons (Fsp3) is 0.714. The van der Waals surface area contributed by atoms with Crippen molar-refractivity contribution in [3.05, 3.63) is 34.9 Å². The van der Waals surface area contributed by atoms with E-state index in [4.69, 9.17) is 0 Å². The van der Waals surface area contributed by atoms with Crippen LogP contribution in [0, 0.1) is 13.8 Å². The Hall–Kier alpha value is -0.900. The van der Waals surface area contributed by atoms with Crippen molar-refractivity contribution >= 4 is 0 Å². The molecule has 1 heterocycles. The molecule has 0 bridgehead atoms. The third-order valence-electron chi connectivity index (χ3n) is 6.08. The second kappa shape index (κ2) is 7.99. The van der Waals surface area contributed by atoms with E-state index in [0.29, 0.717) is 18.1 Å². The summed E-state index contributed by atoms with van der Waals surface area (Å²) >= 11 is 0. The number of piperidine rings is 1. The van der Waals surface area contributed by atoms with Crippen LogP contribution in [0.3, 0.4) is 0 Å². The lowest BCUT2D eigenvalue weighted by atomic mass is 9.89. The van der Waals surface area contributed by atoms with Gasteiger partial charge in [0.25, 0.3) is 0 Å². The molecule has 3 atom stereocenters. The summed E-state index contributed by atoms with van der Waals surface area (Å²) in [5, 5.41) is 14.1. The summed E-state index contributed by atoms with van der Waals surface area (Å²) < 4.78 is 0. The Morgan fingerprint density at radius 1 is 1.08 bits per heavy atom. The molecule has 3 rings (SSSR count). The lowest BCUT2D eigenvalue weighted by Crippen LogP contribution is -2.51. The van der Waals surface area contributed by atoms with Crippen LogP contribution in [0.4, 0.5) is 0 Å². The Kier molecular flexibility index (Phi) is 5.96. The minimum atomic E-state index is -0.0999. The third-order valence-corrected chi connectivity index (χ3v) is 6.08. The molecule has 3 heteroatoms. The Morgan fingerprint density at radius 3 is 2.50 bits per heavy atom. The summed E-state index contributed by atoms with van der Waals surface area (Å²) in [5.41, 5.74) is 4.15. The zero-order valence-electron chi connectivity index (χ0n) is 15.6. The van der Waals surface area contributed by atoms with Crippen LogP contribution in [0.2, 0.25) is 0 Å². The maximum Gasteiger partial charge on any atom is 0.0695 e. The molecular weight excluding hydrogens is 296 g/mol. The quantitative estimate of drug-likeness (QED) is 0.883. The summed E-state index contributed by atoms with van der Waals surface area (Å²) in [5.74, 6) is 0. The monoisotopic (exact) mass is 330 g/mol. The average Bonchev–Trinajstić information content (AvgIpc) is 2.58. The van der Waals surface area contributed by atoms with Crippen molar-refractivity contribution in [3.8, 4) is 0 Å². The standard InChI is InChI=1S/C21H34N2O/c1-15-8-9-16(2)19(14-15)17(3)22-18-10-12-23(13-11-18)20-6-4-5-7-21(20)24/h8-9,14,17-18,20-22,24H,4-7,10-13H2,1-3H3. The SMILES string of the molecule is Cc1ccc(C)c(C(C)NC2CCN(C3CCCCC3O)CC2)c1. The van der Waals surface area contributed by atoms with Gasteiger partial charge in [0.15, 0.2) is 0 Å². The number of nitrogens with one attached hydrogen (secondary N) is 1. The van der Waals surface area contributed by atoms with Gasteiger partial charge in [-0.15, -0.1) is 0 Å². The van der Waals surface area contributed by atoms with Crippen LogP contribution in [0.1, 0.15) is 68.2 Å². The van der Waals surface area contributed by atoms with E-state index in [-0.39, 0.29) is 6.10 Å². The van der Waals surface area contributed by atoms with Crippen molar-refractivity contribution in [2.45, 2.75) is 83.5 Å². The molecule has 134 valence electrons. The summed E-state index contributed by atoms with van der Waals surface area (Å²) in [6, 6.07) is 8.16. The van der Waals surface area contributed by atoms with Crippen molar-refractivity contribution in [2.24, 2.45) is 0 Å². The molecule has 1 saturated heterocycles. The van der Waals surface area contributed by atoms with Gasteiger partial charge in [-0.3, -0.25) is 4.90 Å². The number of hydrogen-bond acceptors (Lipinski definition) is 3. The summed E-state index contributed by atoms with van der Waals surface area (Å²) in [7, 11) is 0. The molecular formula is C21H34N2O. The second-order valence-corrected chi connectivity index (χ2v) is 7.98. The molecule has 2 fully saturated rings. The third kappa shape index (κ3) is 4.19. The molecule has 0 spiro atoms. The number of aliphatic hydroxyl groups is 1. The van der Waals surface area contributed by atoms with Crippen LogP contribution in [0.15, 0.2) is 18.2 Å². The van der Waals surface area contributed by atoms with Crippen molar-refractivity contribution < 1.29 is 5.11 Å². The number of hydrogen-bond donors (Lipinski definition) is 2. The molecule has 0 aromatic heterocycles. The summed E-state index contributed by atoms with van der Waals surface area (Å²) in [4.78, 5) is 2.55. The highest BCUT2D eigenvalue weighted by Gasteiger charge is 2.31. The normalized spacial score (nSPS) is 28.0. The number of benzene rings is 1. The van der Waals surface area contributed by atoms with Gasteiger partial charge in [-0.25, -0.2) is 0 Å². The minimum Gasteiger partial charge on any atom is -0.391 e. The van der Waals surface area contributed by atoms with Crippen molar-refractivity contribution in [1.29, 1.82) is 0 Å². The number of aliphatic hydroxyl groups excluding tert-OH is 1. The van der Waals surface area contributed by atoms with Gasteiger partial charge >= 0.3 is 0 Å². The predicted octanol–water partition coefficient (Wildman–Crippen LogP) is 3.72. The molecule has 24 heavy (non-hydrogen) atoms. The zero-order chi connectivity index (χ0) is 17.1. The van der Waals surface area contributed by atoms with Crippen LogP contribution in [-0.4, -0.2) is 41.3 Å². The molecule has 1 aromatic carbocycles. The van der Waals surface area contributed by atoms with Crippen molar-refractivity contribution in [3.63, 3.8) is 0 Å². The molecule has 0 radical (unpaired) electrons. The number of likely N-dealkylation sites (tertiary alicyclic amines) is 1. The highest BCUT2D eigenvalue weighted by atomic mass is 16.3. The van der Waals surface area contributed by atoms with E-state index in [1.54, 1.807) is 0 Å². The molecule has 3 nitrogen and oxygen atoms in total. The predicted molar refractivity (Wildman–Crippen MR) is 100 cm³/mol. The number of nitrogens with zero attached hydrogens (tertiary/aromatic N) is 1. The molecule has 1 aliphatic carbocycles. The lowest BCUT2D eigenvalue weighted by Gasteiger charge is -2.42. The Bertz CT molecular complexity index is 537. The first-order valence-corrected chi connectivity index (χ1v) is 9.80. The van der Waals surface area contributed by atoms with Gasteiger partial charge < -0.3 is 10.4 Å². The zero-order valence-corrected chi connectivity index (χ0v) is 15.6. The maximum atomic E-state index is 10.3. The first-order chi connectivity index (χ1) is 11.5. The van der Waals surface area contributed by atoms with Gasteiger partial charge in [0.1, 0.15) is 0 Å². The number of rotatable bonds is 4. The van der Waals surface area contributed by atoms with Gasteiger partial charge in [-0.05, 0) is 57.6 Å². The van der Waals surface area contributed by atoms with Gasteiger partial charge in [-0.2, -0.15) is 0 Å². The van der Waals surface area contributed by atoms with E-state index in [1.165, 1.54) is 48.8 Å². The van der Waals surface area contributed by atoms with Crippen molar-refractivity contribution in [2.75, 3.05) is 13.1 Å². The molecule has 3 unspecified atom stereocenters. The average molecular weight is 331 g/mol. The molecule has 1 aromatic rings. The van der Waals surface area contributed by atoms with Crippen LogP contribution >= 0.6 is 0 Å². The van der Waals surface area contributed by atoms with Gasteiger partial charge in [0.2, 0.25) is 0 Å². The maximum absolute atomic E-state index is 10.3. The van der Waals surface area contributed by atoms with Gasteiger partial charge in [-0.1, -0.05) is 36.6 Å². The molecule has 2 N–H and O–H groups in total. The van der Waals surface area contributed by atoms with E-state index in [9.17, 15) is 5.11 Å². The van der Waals surface area contributed by atoms with Crippen LogP contribution in [-0.2, 0) is 0 Å². The van der Waals surface area contributed by atoms with Crippen LogP contribution in [0.25, 0.3) is 0 Å².